The molecule has 3 fully saturated rings. The minimum atomic E-state index is 0.635. The Morgan fingerprint density at radius 2 is 1.95 bits per heavy atom. The molecule has 3 nitrogen and oxygen atoms in total. The van der Waals surface area contributed by atoms with Crippen LogP contribution in [0.25, 0.3) is 0 Å². The lowest BCUT2D eigenvalue weighted by atomic mass is 9.77. The van der Waals surface area contributed by atoms with Crippen LogP contribution in [0.15, 0.2) is 0 Å². The van der Waals surface area contributed by atoms with Crippen LogP contribution in [0, 0.1) is 11.8 Å². The molecule has 116 valence electrons. The van der Waals surface area contributed by atoms with Gasteiger partial charge in [-0.25, -0.2) is 0 Å². The summed E-state index contributed by atoms with van der Waals surface area (Å²) < 4.78 is 0. The number of hydrogen-bond donors (Lipinski definition) is 1. The number of nitrogens with two attached hydrogens (primary N) is 1. The fourth-order valence-corrected chi connectivity index (χ4v) is 5.10. The molecule has 1 saturated carbocycles. The Morgan fingerprint density at radius 3 is 2.70 bits per heavy atom. The average Bonchev–Trinajstić information content (AvgIpc) is 2.87. The number of piperazine rings is 1. The lowest BCUT2D eigenvalue weighted by Gasteiger charge is -2.49. The fraction of sp³-hybridized carbons (Fsp3) is 1.00. The van der Waals surface area contributed by atoms with Crippen LogP contribution in [0.5, 0.6) is 0 Å². The number of hydrogen-bond acceptors (Lipinski definition) is 3. The molecule has 2 saturated heterocycles. The van der Waals surface area contributed by atoms with Gasteiger partial charge >= 0.3 is 0 Å². The van der Waals surface area contributed by atoms with Gasteiger partial charge in [-0.15, -0.1) is 0 Å². The number of rotatable bonds is 3. The molecular weight excluding hydrogens is 246 g/mol. The largest absolute Gasteiger partial charge is 0.329 e. The third-order valence-electron chi connectivity index (χ3n) is 6.17. The first-order valence-electron chi connectivity index (χ1n) is 8.89. The molecule has 0 aromatic rings. The van der Waals surface area contributed by atoms with Crippen molar-refractivity contribution in [2.24, 2.45) is 17.6 Å². The molecule has 0 aromatic carbocycles. The summed E-state index contributed by atoms with van der Waals surface area (Å²) in [4.78, 5) is 5.51. The van der Waals surface area contributed by atoms with Gasteiger partial charge in [0.2, 0.25) is 0 Å². The molecule has 0 radical (unpaired) electrons. The summed E-state index contributed by atoms with van der Waals surface area (Å²) in [7, 11) is 0. The maximum absolute atomic E-state index is 6.22. The highest BCUT2D eigenvalue weighted by Crippen LogP contribution is 2.35. The minimum absolute atomic E-state index is 0.635. The maximum Gasteiger partial charge on any atom is 0.0250 e. The highest BCUT2D eigenvalue weighted by molar-refractivity contribution is 4.95. The van der Waals surface area contributed by atoms with Gasteiger partial charge in [0.05, 0.1) is 0 Å². The first kappa shape index (κ1) is 14.8. The summed E-state index contributed by atoms with van der Waals surface area (Å²) >= 11 is 0. The molecule has 0 amide bonds. The SMILES string of the molecule is CC1CCCC(C(CN)N2CC3CCCN3CC2C)C1. The van der Waals surface area contributed by atoms with E-state index in [1.54, 1.807) is 0 Å². The van der Waals surface area contributed by atoms with Gasteiger partial charge in [-0.2, -0.15) is 0 Å². The van der Waals surface area contributed by atoms with Gasteiger partial charge in [0.15, 0.2) is 0 Å². The Balaban J connectivity index is 1.68. The van der Waals surface area contributed by atoms with Gasteiger partial charge in [0, 0.05) is 37.8 Å². The molecule has 2 aliphatic heterocycles. The quantitative estimate of drug-likeness (QED) is 0.860. The van der Waals surface area contributed by atoms with Crippen LogP contribution in [0.3, 0.4) is 0 Å². The van der Waals surface area contributed by atoms with E-state index in [9.17, 15) is 0 Å². The van der Waals surface area contributed by atoms with E-state index in [-0.39, 0.29) is 0 Å². The Bertz CT molecular complexity index is 319. The topological polar surface area (TPSA) is 32.5 Å². The van der Waals surface area contributed by atoms with Crippen molar-refractivity contribution in [3.63, 3.8) is 0 Å². The van der Waals surface area contributed by atoms with Gasteiger partial charge in [-0.3, -0.25) is 9.80 Å². The van der Waals surface area contributed by atoms with Crippen molar-refractivity contribution in [1.29, 1.82) is 0 Å². The molecule has 1 aliphatic carbocycles. The highest BCUT2D eigenvalue weighted by atomic mass is 15.3. The molecule has 3 heteroatoms. The summed E-state index contributed by atoms with van der Waals surface area (Å²) in [6.07, 6.45) is 8.46. The van der Waals surface area contributed by atoms with Crippen LogP contribution < -0.4 is 5.73 Å². The molecule has 0 aromatic heterocycles. The summed E-state index contributed by atoms with van der Waals surface area (Å²) in [5.41, 5.74) is 6.22. The second-order valence-electron chi connectivity index (χ2n) is 7.67. The van der Waals surface area contributed by atoms with Crippen LogP contribution in [-0.2, 0) is 0 Å². The van der Waals surface area contributed by atoms with Crippen molar-refractivity contribution in [1.82, 2.24) is 9.80 Å². The zero-order chi connectivity index (χ0) is 14.1. The van der Waals surface area contributed by atoms with Crippen LogP contribution in [0.2, 0.25) is 0 Å². The second kappa shape index (κ2) is 6.33. The van der Waals surface area contributed by atoms with Crippen LogP contribution in [0.1, 0.15) is 52.4 Å². The first-order chi connectivity index (χ1) is 9.69. The van der Waals surface area contributed by atoms with E-state index < -0.39 is 0 Å². The molecule has 0 bridgehead atoms. The van der Waals surface area contributed by atoms with Crippen molar-refractivity contribution in [2.75, 3.05) is 26.2 Å². The monoisotopic (exact) mass is 279 g/mol. The summed E-state index contributed by atoms with van der Waals surface area (Å²) in [6.45, 7) is 9.57. The van der Waals surface area contributed by atoms with E-state index in [1.165, 1.54) is 58.2 Å². The van der Waals surface area contributed by atoms with E-state index in [0.29, 0.717) is 12.1 Å². The zero-order valence-electron chi connectivity index (χ0n) is 13.4. The molecular formula is C17H33N3. The van der Waals surface area contributed by atoms with Gasteiger partial charge in [-0.05, 0) is 51.0 Å². The molecule has 20 heavy (non-hydrogen) atoms. The van der Waals surface area contributed by atoms with E-state index >= 15 is 0 Å². The predicted octanol–water partition coefficient (Wildman–Crippen LogP) is 2.31. The Kier molecular flexibility index (Phi) is 4.68. The predicted molar refractivity (Wildman–Crippen MR) is 84.7 cm³/mol. The van der Waals surface area contributed by atoms with Crippen molar-refractivity contribution in [3.05, 3.63) is 0 Å². The second-order valence-corrected chi connectivity index (χ2v) is 7.67. The molecule has 5 atom stereocenters. The van der Waals surface area contributed by atoms with Crippen LogP contribution in [0.4, 0.5) is 0 Å². The smallest absolute Gasteiger partial charge is 0.0250 e. The van der Waals surface area contributed by atoms with Crippen LogP contribution >= 0.6 is 0 Å². The van der Waals surface area contributed by atoms with Crippen molar-refractivity contribution in [2.45, 2.75) is 70.5 Å². The van der Waals surface area contributed by atoms with Gasteiger partial charge in [0.25, 0.3) is 0 Å². The third-order valence-corrected chi connectivity index (χ3v) is 6.17. The van der Waals surface area contributed by atoms with Gasteiger partial charge < -0.3 is 5.73 Å². The Hall–Kier alpha value is -0.120. The lowest BCUT2D eigenvalue weighted by Crippen LogP contribution is -2.61. The van der Waals surface area contributed by atoms with Crippen LogP contribution in [-0.4, -0.2) is 54.1 Å². The third kappa shape index (κ3) is 2.90. The molecule has 3 rings (SSSR count). The van der Waals surface area contributed by atoms with E-state index in [1.807, 2.05) is 0 Å². The Morgan fingerprint density at radius 1 is 1.10 bits per heavy atom. The van der Waals surface area contributed by atoms with E-state index in [0.717, 1.165) is 24.4 Å². The summed E-state index contributed by atoms with van der Waals surface area (Å²) in [6, 6.07) is 2.15. The fourth-order valence-electron chi connectivity index (χ4n) is 5.10. The lowest BCUT2D eigenvalue weighted by molar-refractivity contribution is 0.00109. The first-order valence-corrected chi connectivity index (χ1v) is 8.89. The van der Waals surface area contributed by atoms with Crippen molar-refractivity contribution in [3.8, 4) is 0 Å². The molecule has 2 N–H and O–H groups in total. The minimum Gasteiger partial charge on any atom is -0.329 e. The molecule has 0 spiro atoms. The van der Waals surface area contributed by atoms with E-state index in [4.69, 9.17) is 5.73 Å². The molecule has 3 aliphatic rings. The van der Waals surface area contributed by atoms with Gasteiger partial charge in [-0.1, -0.05) is 19.8 Å². The standard InChI is InChI=1S/C17H33N3/c1-13-5-3-6-15(9-13)17(10-18)20-12-16-7-4-8-19(16)11-14(20)2/h13-17H,3-12,18H2,1-2H3. The average molecular weight is 279 g/mol. The number of fused-ring (bicyclic) bond motifs is 1. The highest BCUT2D eigenvalue weighted by Gasteiger charge is 2.39. The molecule has 2 heterocycles. The summed E-state index contributed by atoms with van der Waals surface area (Å²) in [5.74, 6) is 1.75. The Labute approximate surface area is 124 Å². The zero-order valence-corrected chi connectivity index (χ0v) is 13.4. The summed E-state index contributed by atoms with van der Waals surface area (Å²) in [5, 5.41) is 0. The molecule has 5 unspecified atom stereocenters. The maximum atomic E-state index is 6.22. The van der Waals surface area contributed by atoms with Gasteiger partial charge in [0.1, 0.15) is 0 Å². The number of nitrogens with zero attached hydrogens (tertiary/aromatic N) is 2. The van der Waals surface area contributed by atoms with E-state index in [2.05, 4.69) is 23.6 Å². The van der Waals surface area contributed by atoms with Crippen molar-refractivity contribution < 1.29 is 0 Å². The van der Waals surface area contributed by atoms with Crippen molar-refractivity contribution >= 4 is 0 Å². The normalized spacial score (nSPS) is 41.5.